The van der Waals surface area contributed by atoms with Crippen LogP contribution in [0.25, 0.3) is 0 Å². The van der Waals surface area contributed by atoms with Crippen molar-refractivity contribution in [2.75, 3.05) is 10.6 Å². The molecule has 2 N–H and O–H groups in total. The van der Waals surface area contributed by atoms with E-state index < -0.39 is 0 Å². The lowest BCUT2D eigenvalue weighted by molar-refractivity contribution is 1.38. The highest BCUT2D eigenvalue weighted by molar-refractivity contribution is 9.10. The molecule has 0 aromatic heterocycles. The topological polar surface area (TPSA) is 24.1 Å². The van der Waals surface area contributed by atoms with Gasteiger partial charge in [0.05, 0.1) is 0 Å². The highest BCUT2D eigenvalue weighted by Gasteiger charge is 2.03. The highest BCUT2D eigenvalue weighted by Crippen LogP contribution is 2.21. The second kappa shape index (κ2) is 6.37. The molecule has 0 aliphatic heterocycles. The van der Waals surface area contributed by atoms with Gasteiger partial charge in [0.1, 0.15) is 0 Å². The van der Waals surface area contributed by atoms with E-state index in [0.29, 0.717) is 5.11 Å². The van der Waals surface area contributed by atoms with Crippen LogP contribution < -0.4 is 10.6 Å². The van der Waals surface area contributed by atoms with Crippen LogP contribution in [0.4, 0.5) is 11.4 Å². The zero-order chi connectivity index (χ0) is 14.7. The molecule has 2 rings (SSSR count). The minimum Gasteiger partial charge on any atom is -0.332 e. The Balaban J connectivity index is 2.07. The van der Waals surface area contributed by atoms with Crippen molar-refractivity contribution < 1.29 is 0 Å². The highest BCUT2D eigenvalue weighted by atomic mass is 79.9. The minimum absolute atomic E-state index is 0.596. The molecule has 0 unspecified atom stereocenters. The Labute approximate surface area is 133 Å². The number of thiocarbonyl (C=S) groups is 1. The molecule has 0 saturated carbocycles. The van der Waals surface area contributed by atoms with E-state index in [1.54, 1.807) is 0 Å². The molecule has 4 heteroatoms. The summed E-state index contributed by atoms with van der Waals surface area (Å²) in [7, 11) is 0. The van der Waals surface area contributed by atoms with Gasteiger partial charge >= 0.3 is 0 Å². The fourth-order valence-electron chi connectivity index (χ4n) is 1.96. The Morgan fingerprint density at radius 1 is 0.950 bits per heavy atom. The lowest BCUT2D eigenvalue weighted by Gasteiger charge is -2.13. The average Bonchev–Trinajstić information content (AvgIpc) is 2.37. The number of hydrogen-bond acceptors (Lipinski definition) is 1. The van der Waals surface area contributed by atoms with Crippen LogP contribution in [0, 0.1) is 20.8 Å². The maximum absolute atomic E-state index is 5.35. The van der Waals surface area contributed by atoms with E-state index in [0.717, 1.165) is 15.8 Å². The summed E-state index contributed by atoms with van der Waals surface area (Å²) >= 11 is 8.84. The van der Waals surface area contributed by atoms with E-state index in [1.807, 2.05) is 18.2 Å². The van der Waals surface area contributed by atoms with Gasteiger partial charge in [-0.3, -0.25) is 0 Å². The normalized spacial score (nSPS) is 10.2. The van der Waals surface area contributed by atoms with Crippen molar-refractivity contribution in [1.29, 1.82) is 0 Å². The third-order valence-corrected chi connectivity index (χ3v) is 4.14. The summed E-state index contributed by atoms with van der Waals surface area (Å²) in [6.07, 6.45) is 0. The molecule has 104 valence electrons. The molecule has 0 atom stereocenters. The van der Waals surface area contributed by atoms with Gasteiger partial charge in [0.15, 0.2) is 5.11 Å². The van der Waals surface area contributed by atoms with Crippen LogP contribution in [0.1, 0.15) is 16.7 Å². The summed E-state index contributed by atoms with van der Waals surface area (Å²) in [4.78, 5) is 0. The lowest BCUT2D eigenvalue weighted by Crippen LogP contribution is -2.19. The molecule has 0 fully saturated rings. The monoisotopic (exact) mass is 348 g/mol. The van der Waals surface area contributed by atoms with Crippen molar-refractivity contribution >= 4 is 44.6 Å². The van der Waals surface area contributed by atoms with Crippen LogP contribution in [0.3, 0.4) is 0 Å². The van der Waals surface area contributed by atoms with Gasteiger partial charge in [0.25, 0.3) is 0 Å². The standard InChI is InChI=1S/C16H17BrN2S/c1-10-4-7-15(12(3)8-10)19-16(20)18-13-5-6-14(17)11(2)9-13/h4-9H,1-3H3,(H2,18,19,20). The predicted molar refractivity (Wildman–Crippen MR) is 94.6 cm³/mol. The van der Waals surface area contributed by atoms with Gasteiger partial charge in [-0.15, -0.1) is 0 Å². The van der Waals surface area contributed by atoms with Gasteiger partial charge in [-0.2, -0.15) is 0 Å². The van der Waals surface area contributed by atoms with E-state index in [4.69, 9.17) is 12.2 Å². The molecule has 0 radical (unpaired) electrons. The van der Waals surface area contributed by atoms with Crippen LogP contribution in [-0.2, 0) is 0 Å². The summed E-state index contributed by atoms with van der Waals surface area (Å²) in [5.41, 5.74) is 5.61. The first kappa shape index (κ1) is 15.0. The van der Waals surface area contributed by atoms with Crippen molar-refractivity contribution in [3.8, 4) is 0 Å². The molecule has 2 nitrogen and oxygen atoms in total. The van der Waals surface area contributed by atoms with E-state index in [2.05, 4.69) is 65.5 Å². The first-order valence-electron chi connectivity index (χ1n) is 6.37. The molecule has 0 amide bonds. The molecule has 0 spiro atoms. The molecule has 0 aliphatic rings. The van der Waals surface area contributed by atoms with Gasteiger partial charge in [0, 0.05) is 15.8 Å². The Bertz CT molecular complexity index is 653. The number of halogens is 1. The van der Waals surface area contributed by atoms with Crippen LogP contribution in [0.5, 0.6) is 0 Å². The first-order chi connectivity index (χ1) is 9.45. The van der Waals surface area contributed by atoms with E-state index >= 15 is 0 Å². The number of rotatable bonds is 2. The molecular weight excluding hydrogens is 332 g/mol. The molecule has 20 heavy (non-hydrogen) atoms. The second-order valence-corrected chi connectivity index (χ2v) is 6.12. The Morgan fingerprint density at radius 3 is 2.35 bits per heavy atom. The van der Waals surface area contributed by atoms with Gasteiger partial charge in [0.2, 0.25) is 0 Å². The third-order valence-electron chi connectivity index (χ3n) is 3.05. The Morgan fingerprint density at radius 2 is 1.70 bits per heavy atom. The van der Waals surface area contributed by atoms with E-state index in [-0.39, 0.29) is 0 Å². The van der Waals surface area contributed by atoms with Gasteiger partial charge < -0.3 is 10.6 Å². The molecule has 0 bridgehead atoms. The molecule has 2 aromatic carbocycles. The second-order valence-electron chi connectivity index (χ2n) is 4.86. The van der Waals surface area contributed by atoms with Crippen LogP contribution >= 0.6 is 28.1 Å². The number of hydrogen-bond donors (Lipinski definition) is 2. The van der Waals surface area contributed by atoms with Crippen molar-refractivity contribution in [3.63, 3.8) is 0 Å². The van der Waals surface area contributed by atoms with E-state index in [9.17, 15) is 0 Å². The maximum atomic E-state index is 5.35. The number of nitrogens with one attached hydrogen (secondary N) is 2. The molecule has 0 aliphatic carbocycles. The van der Waals surface area contributed by atoms with Gasteiger partial charge in [-0.05, 0) is 68.4 Å². The zero-order valence-electron chi connectivity index (χ0n) is 11.8. The Kier molecular flexibility index (Phi) is 4.78. The summed E-state index contributed by atoms with van der Waals surface area (Å²) in [5.74, 6) is 0. The van der Waals surface area contributed by atoms with Crippen molar-refractivity contribution in [2.24, 2.45) is 0 Å². The van der Waals surface area contributed by atoms with Crippen LogP contribution in [0.15, 0.2) is 40.9 Å². The molecule has 0 heterocycles. The number of anilines is 2. The van der Waals surface area contributed by atoms with Crippen molar-refractivity contribution in [2.45, 2.75) is 20.8 Å². The first-order valence-corrected chi connectivity index (χ1v) is 7.57. The van der Waals surface area contributed by atoms with Crippen LogP contribution in [0.2, 0.25) is 0 Å². The Hall–Kier alpha value is -1.39. The smallest absolute Gasteiger partial charge is 0.175 e. The molecular formula is C16H17BrN2S. The predicted octanol–water partition coefficient (Wildman–Crippen LogP) is 5.18. The maximum Gasteiger partial charge on any atom is 0.175 e. The lowest BCUT2D eigenvalue weighted by atomic mass is 10.1. The van der Waals surface area contributed by atoms with Gasteiger partial charge in [-0.1, -0.05) is 33.6 Å². The summed E-state index contributed by atoms with van der Waals surface area (Å²) in [6, 6.07) is 12.3. The van der Waals surface area contributed by atoms with Crippen LogP contribution in [-0.4, -0.2) is 5.11 Å². The molecule has 2 aromatic rings. The number of aryl methyl sites for hydroxylation is 3. The van der Waals surface area contributed by atoms with Gasteiger partial charge in [-0.25, -0.2) is 0 Å². The zero-order valence-corrected chi connectivity index (χ0v) is 14.2. The quantitative estimate of drug-likeness (QED) is 0.730. The van der Waals surface area contributed by atoms with Crippen molar-refractivity contribution in [3.05, 3.63) is 57.6 Å². The summed E-state index contributed by atoms with van der Waals surface area (Å²) in [5, 5.41) is 7.02. The largest absolute Gasteiger partial charge is 0.332 e. The third kappa shape index (κ3) is 3.81. The average molecular weight is 349 g/mol. The SMILES string of the molecule is Cc1ccc(NC(=S)Nc2ccc(Br)c(C)c2)c(C)c1. The summed E-state index contributed by atoms with van der Waals surface area (Å²) in [6.45, 7) is 6.20. The fourth-order valence-corrected chi connectivity index (χ4v) is 2.44. The number of benzene rings is 2. The fraction of sp³-hybridized carbons (Fsp3) is 0.188. The summed E-state index contributed by atoms with van der Waals surface area (Å²) < 4.78 is 1.09. The minimum atomic E-state index is 0.596. The van der Waals surface area contributed by atoms with E-state index in [1.165, 1.54) is 16.7 Å². The van der Waals surface area contributed by atoms with Crippen molar-refractivity contribution in [1.82, 2.24) is 0 Å². The molecule has 0 saturated heterocycles.